The third-order valence-corrected chi connectivity index (χ3v) is 3.23. The summed E-state index contributed by atoms with van der Waals surface area (Å²) >= 11 is 5.90. The van der Waals surface area contributed by atoms with E-state index in [2.05, 4.69) is 11.8 Å². The van der Waals surface area contributed by atoms with E-state index < -0.39 is 0 Å². The van der Waals surface area contributed by atoms with Crippen LogP contribution in [0.25, 0.3) is 0 Å². The maximum atomic E-state index is 10.9. The van der Waals surface area contributed by atoms with Gasteiger partial charge in [-0.15, -0.1) is 0 Å². The molecule has 1 fully saturated rings. The Kier molecular flexibility index (Phi) is 3.01. The first kappa shape index (κ1) is 11.2. The first-order chi connectivity index (χ1) is 7.59. The van der Waals surface area contributed by atoms with E-state index in [0.29, 0.717) is 16.8 Å². The summed E-state index contributed by atoms with van der Waals surface area (Å²) in [5.74, 6) is 0. The highest BCUT2D eigenvalue weighted by atomic mass is 35.5. The minimum atomic E-state index is -0.350. The van der Waals surface area contributed by atoms with Crippen molar-refractivity contribution in [3.05, 3.63) is 33.3 Å². The Bertz CT molecular complexity index is 422. The second-order valence-corrected chi connectivity index (χ2v) is 4.51. The van der Waals surface area contributed by atoms with Crippen molar-refractivity contribution < 1.29 is 4.92 Å². The van der Waals surface area contributed by atoms with Crippen LogP contribution < -0.4 is 4.90 Å². The van der Waals surface area contributed by atoms with Gasteiger partial charge in [-0.1, -0.05) is 11.6 Å². The van der Waals surface area contributed by atoms with E-state index in [-0.39, 0.29) is 10.6 Å². The molecule has 0 bridgehead atoms. The number of nitrogens with zero attached hydrogens (tertiary/aromatic N) is 2. The Morgan fingerprint density at radius 2 is 2.31 bits per heavy atom. The summed E-state index contributed by atoms with van der Waals surface area (Å²) in [6.45, 7) is 2.94. The van der Waals surface area contributed by atoms with Gasteiger partial charge in [-0.25, -0.2) is 0 Å². The van der Waals surface area contributed by atoms with Gasteiger partial charge in [0.25, 0.3) is 5.69 Å². The Hall–Kier alpha value is -1.29. The molecular formula is C11H13ClN2O2. The number of anilines is 1. The van der Waals surface area contributed by atoms with Gasteiger partial charge in [-0.05, 0) is 31.9 Å². The van der Waals surface area contributed by atoms with Gasteiger partial charge in [-0.2, -0.15) is 0 Å². The van der Waals surface area contributed by atoms with E-state index in [1.165, 1.54) is 6.07 Å². The van der Waals surface area contributed by atoms with Crippen LogP contribution in [-0.2, 0) is 0 Å². The molecule has 1 heterocycles. The summed E-state index contributed by atoms with van der Waals surface area (Å²) in [7, 11) is 0. The lowest BCUT2D eigenvalue weighted by Gasteiger charge is -2.23. The minimum Gasteiger partial charge on any atom is -0.363 e. The van der Waals surface area contributed by atoms with Crippen LogP contribution in [0.15, 0.2) is 18.2 Å². The van der Waals surface area contributed by atoms with Crippen LogP contribution in [0.1, 0.15) is 19.8 Å². The minimum absolute atomic E-state index is 0.137. The first-order valence-electron chi connectivity index (χ1n) is 5.30. The number of rotatable bonds is 2. The molecule has 0 unspecified atom stereocenters. The van der Waals surface area contributed by atoms with Gasteiger partial charge in [0.1, 0.15) is 5.69 Å². The smallest absolute Gasteiger partial charge is 0.292 e. The zero-order valence-corrected chi connectivity index (χ0v) is 9.78. The molecule has 0 aromatic heterocycles. The molecule has 0 saturated carbocycles. The lowest BCUT2D eigenvalue weighted by atomic mass is 10.2. The summed E-state index contributed by atoms with van der Waals surface area (Å²) in [6.07, 6.45) is 2.15. The van der Waals surface area contributed by atoms with Gasteiger partial charge >= 0.3 is 0 Å². The molecule has 86 valence electrons. The summed E-state index contributed by atoms with van der Waals surface area (Å²) in [5, 5.41) is 11.5. The van der Waals surface area contributed by atoms with Crippen LogP contribution in [0.2, 0.25) is 5.02 Å². The number of hydrogen-bond donors (Lipinski definition) is 0. The molecule has 1 aliphatic rings. The van der Waals surface area contributed by atoms with Crippen LogP contribution in [0.4, 0.5) is 11.4 Å². The van der Waals surface area contributed by atoms with Gasteiger partial charge in [0, 0.05) is 23.7 Å². The van der Waals surface area contributed by atoms with E-state index in [0.717, 1.165) is 19.4 Å². The topological polar surface area (TPSA) is 46.4 Å². The van der Waals surface area contributed by atoms with Gasteiger partial charge < -0.3 is 4.90 Å². The van der Waals surface area contributed by atoms with Crippen molar-refractivity contribution in [2.45, 2.75) is 25.8 Å². The van der Waals surface area contributed by atoms with Crippen LogP contribution in [0.5, 0.6) is 0 Å². The first-order valence-corrected chi connectivity index (χ1v) is 5.68. The second-order valence-electron chi connectivity index (χ2n) is 4.07. The molecule has 1 saturated heterocycles. The van der Waals surface area contributed by atoms with Crippen LogP contribution >= 0.6 is 11.6 Å². The van der Waals surface area contributed by atoms with Gasteiger partial charge in [0.15, 0.2) is 0 Å². The van der Waals surface area contributed by atoms with E-state index in [4.69, 9.17) is 11.6 Å². The van der Waals surface area contributed by atoms with Gasteiger partial charge in [-0.3, -0.25) is 10.1 Å². The van der Waals surface area contributed by atoms with E-state index >= 15 is 0 Å². The van der Waals surface area contributed by atoms with Crippen molar-refractivity contribution in [1.82, 2.24) is 0 Å². The molecule has 0 amide bonds. The van der Waals surface area contributed by atoms with Crippen LogP contribution in [0, 0.1) is 10.1 Å². The number of benzene rings is 1. The highest BCUT2D eigenvalue weighted by molar-refractivity contribution is 6.31. The SMILES string of the molecule is C[C@@H]1CCCN1c1cc(Cl)ccc1[N+](=O)[O-]. The molecule has 4 nitrogen and oxygen atoms in total. The molecule has 5 heteroatoms. The van der Waals surface area contributed by atoms with Crippen molar-refractivity contribution in [2.24, 2.45) is 0 Å². The fraction of sp³-hybridized carbons (Fsp3) is 0.455. The normalized spacial score (nSPS) is 20.1. The zero-order valence-electron chi connectivity index (χ0n) is 9.02. The van der Waals surface area contributed by atoms with Gasteiger partial charge in [0.05, 0.1) is 4.92 Å². The zero-order chi connectivity index (χ0) is 11.7. The van der Waals surface area contributed by atoms with Crippen LogP contribution in [-0.4, -0.2) is 17.5 Å². The van der Waals surface area contributed by atoms with Crippen molar-refractivity contribution in [3.63, 3.8) is 0 Å². The van der Waals surface area contributed by atoms with Crippen molar-refractivity contribution in [2.75, 3.05) is 11.4 Å². The molecule has 2 rings (SSSR count). The molecule has 0 radical (unpaired) electrons. The molecule has 0 N–H and O–H groups in total. The van der Waals surface area contributed by atoms with E-state index in [1.807, 2.05) is 0 Å². The highest BCUT2D eigenvalue weighted by Gasteiger charge is 2.26. The Morgan fingerprint density at radius 1 is 1.56 bits per heavy atom. The molecular weight excluding hydrogens is 228 g/mol. The van der Waals surface area contributed by atoms with Crippen LogP contribution in [0.3, 0.4) is 0 Å². The van der Waals surface area contributed by atoms with E-state index in [1.54, 1.807) is 12.1 Å². The molecule has 1 atom stereocenters. The quantitative estimate of drug-likeness (QED) is 0.589. The fourth-order valence-corrected chi connectivity index (χ4v) is 2.34. The molecule has 1 aliphatic heterocycles. The summed E-state index contributed by atoms with van der Waals surface area (Å²) < 4.78 is 0. The maximum absolute atomic E-state index is 10.9. The molecule has 0 aliphatic carbocycles. The molecule has 16 heavy (non-hydrogen) atoms. The third-order valence-electron chi connectivity index (χ3n) is 3.00. The average Bonchev–Trinajstić information content (AvgIpc) is 2.63. The lowest BCUT2D eigenvalue weighted by molar-refractivity contribution is -0.384. The number of nitro groups is 1. The Morgan fingerprint density at radius 3 is 2.88 bits per heavy atom. The van der Waals surface area contributed by atoms with Gasteiger partial charge in [0.2, 0.25) is 0 Å². The summed E-state index contributed by atoms with van der Waals surface area (Å²) in [4.78, 5) is 12.6. The summed E-state index contributed by atoms with van der Waals surface area (Å²) in [5.41, 5.74) is 0.778. The average molecular weight is 241 g/mol. The maximum Gasteiger partial charge on any atom is 0.292 e. The lowest BCUT2D eigenvalue weighted by Crippen LogP contribution is -2.26. The number of nitro benzene ring substituents is 1. The standard InChI is InChI=1S/C11H13ClN2O2/c1-8-3-2-6-13(8)11-7-9(12)4-5-10(11)14(15)16/h4-5,7-8H,2-3,6H2,1H3/t8-/m1/s1. The molecule has 1 aromatic rings. The predicted molar refractivity (Wildman–Crippen MR) is 64.1 cm³/mol. The second kappa shape index (κ2) is 4.29. The highest BCUT2D eigenvalue weighted by Crippen LogP contribution is 2.35. The summed E-state index contributed by atoms with van der Waals surface area (Å²) in [6, 6.07) is 5.06. The number of hydrogen-bond acceptors (Lipinski definition) is 3. The van der Waals surface area contributed by atoms with Crippen molar-refractivity contribution >= 4 is 23.0 Å². The van der Waals surface area contributed by atoms with E-state index in [9.17, 15) is 10.1 Å². The molecule has 0 spiro atoms. The van der Waals surface area contributed by atoms with Crippen molar-refractivity contribution in [1.29, 1.82) is 0 Å². The number of halogens is 1. The Balaban J connectivity index is 2.44. The predicted octanol–water partition coefficient (Wildman–Crippen LogP) is 3.24. The Labute approximate surface area is 99.0 Å². The monoisotopic (exact) mass is 240 g/mol. The molecule has 1 aromatic carbocycles. The third kappa shape index (κ3) is 1.97. The van der Waals surface area contributed by atoms with Crippen molar-refractivity contribution in [3.8, 4) is 0 Å². The largest absolute Gasteiger partial charge is 0.363 e. The fourth-order valence-electron chi connectivity index (χ4n) is 2.17.